The lowest BCUT2D eigenvalue weighted by Gasteiger charge is -2.30. The van der Waals surface area contributed by atoms with Crippen molar-refractivity contribution in [3.63, 3.8) is 0 Å². The van der Waals surface area contributed by atoms with Gasteiger partial charge in [-0.05, 0) is 68.6 Å². The maximum atomic E-state index is 3.80. The first-order valence-corrected chi connectivity index (χ1v) is 14.0. The molecule has 2 nitrogen and oxygen atoms in total. The average molecular weight is 511 g/mol. The van der Waals surface area contributed by atoms with Crippen LogP contribution in [-0.2, 0) is 6.42 Å². The van der Waals surface area contributed by atoms with Gasteiger partial charge in [0.05, 0.1) is 6.04 Å². The lowest BCUT2D eigenvalue weighted by Crippen LogP contribution is -2.30. The Kier molecular flexibility index (Phi) is 4.48. The molecular weight excluding hydrogens is 484 g/mol. The average Bonchev–Trinajstić information content (AvgIpc) is 3.55. The molecule has 2 heteroatoms. The zero-order valence-corrected chi connectivity index (χ0v) is 21.9. The van der Waals surface area contributed by atoms with E-state index in [1.54, 1.807) is 0 Å². The largest absolute Gasteiger partial charge is 0.358 e. The van der Waals surface area contributed by atoms with Crippen LogP contribution in [0.2, 0.25) is 0 Å². The minimum atomic E-state index is 0.257. The van der Waals surface area contributed by atoms with Crippen molar-refractivity contribution in [1.82, 2.24) is 4.98 Å². The highest BCUT2D eigenvalue weighted by Gasteiger charge is 2.38. The van der Waals surface area contributed by atoms with Crippen molar-refractivity contribution in [3.05, 3.63) is 144 Å². The first-order valence-electron chi connectivity index (χ1n) is 14.0. The van der Waals surface area contributed by atoms with Crippen LogP contribution < -0.4 is 4.90 Å². The highest BCUT2D eigenvalue weighted by atomic mass is 15.2. The molecule has 0 amide bonds. The summed E-state index contributed by atoms with van der Waals surface area (Å²) in [7, 11) is 0. The van der Waals surface area contributed by atoms with Gasteiger partial charge in [0.2, 0.25) is 0 Å². The van der Waals surface area contributed by atoms with Gasteiger partial charge in [-0.1, -0.05) is 103 Å². The molecule has 1 unspecified atom stereocenters. The lowest BCUT2D eigenvalue weighted by atomic mass is 9.89. The van der Waals surface area contributed by atoms with Gasteiger partial charge in [0.25, 0.3) is 0 Å². The number of para-hydroxylation sites is 1. The number of rotatable bonds is 2. The van der Waals surface area contributed by atoms with Crippen LogP contribution in [0.1, 0.15) is 16.8 Å². The second-order valence-electron chi connectivity index (χ2n) is 11.0. The normalized spacial score (nSPS) is 15.8. The van der Waals surface area contributed by atoms with E-state index in [1.165, 1.54) is 77.3 Å². The number of hydrogen-bond donors (Lipinski definition) is 1. The molecule has 0 saturated carbocycles. The summed E-state index contributed by atoms with van der Waals surface area (Å²) in [5.74, 6) is 0. The molecule has 40 heavy (non-hydrogen) atoms. The fraction of sp³-hybridized carbons (Fsp3) is 0.0526. The summed E-state index contributed by atoms with van der Waals surface area (Å²) >= 11 is 0. The van der Waals surface area contributed by atoms with Crippen molar-refractivity contribution in [2.24, 2.45) is 0 Å². The number of hydrogen-bond acceptors (Lipinski definition) is 1. The number of H-pyrrole nitrogens is 1. The van der Waals surface area contributed by atoms with Gasteiger partial charge in [0.1, 0.15) is 0 Å². The van der Waals surface area contributed by atoms with Gasteiger partial charge in [0.15, 0.2) is 0 Å². The first kappa shape index (κ1) is 21.8. The summed E-state index contributed by atoms with van der Waals surface area (Å²) in [4.78, 5) is 6.34. The highest BCUT2D eigenvalue weighted by molar-refractivity contribution is 6.14. The number of anilines is 2. The minimum Gasteiger partial charge on any atom is -0.358 e. The summed E-state index contributed by atoms with van der Waals surface area (Å²) in [6.07, 6.45) is 3.40. The van der Waals surface area contributed by atoms with Gasteiger partial charge in [-0.2, -0.15) is 0 Å². The SMILES string of the molecule is C1=C2c3ccccc3N(c3ccc(-c4cccc5ccccc45)cc3)C2Cc2[nH]c3ccc4ccccc4c3c21. The van der Waals surface area contributed by atoms with Crippen LogP contribution in [-0.4, -0.2) is 11.0 Å². The number of nitrogens with one attached hydrogen (secondary N) is 1. The van der Waals surface area contributed by atoms with Crippen molar-refractivity contribution in [3.8, 4) is 11.1 Å². The predicted molar refractivity (Wildman–Crippen MR) is 169 cm³/mol. The summed E-state index contributed by atoms with van der Waals surface area (Å²) in [6, 6.07) is 46.7. The van der Waals surface area contributed by atoms with Gasteiger partial charge in [-0.25, -0.2) is 0 Å². The smallest absolute Gasteiger partial charge is 0.0653 e. The number of nitrogens with zero attached hydrogens (tertiary/aromatic N) is 1. The van der Waals surface area contributed by atoms with E-state index in [-0.39, 0.29) is 6.04 Å². The highest BCUT2D eigenvalue weighted by Crippen LogP contribution is 2.50. The van der Waals surface area contributed by atoms with E-state index in [2.05, 4.69) is 143 Å². The molecule has 9 rings (SSSR count). The molecule has 0 saturated heterocycles. The molecule has 188 valence electrons. The van der Waals surface area contributed by atoms with E-state index in [4.69, 9.17) is 0 Å². The summed E-state index contributed by atoms with van der Waals surface area (Å²) in [5, 5.41) is 6.52. The topological polar surface area (TPSA) is 19.0 Å². The fourth-order valence-corrected chi connectivity index (χ4v) is 7.10. The van der Waals surface area contributed by atoms with Crippen molar-refractivity contribution >= 4 is 55.5 Å². The Morgan fingerprint density at radius 1 is 0.600 bits per heavy atom. The van der Waals surface area contributed by atoms with Gasteiger partial charge in [-0.3, -0.25) is 0 Å². The van der Waals surface area contributed by atoms with Crippen molar-refractivity contribution in [2.75, 3.05) is 4.90 Å². The molecule has 0 spiro atoms. The van der Waals surface area contributed by atoms with E-state index in [0.29, 0.717) is 0 Å². The third-order valence-electron chi connectivity index (χ3n) is 8.90. The van der Waals surface area contributed by atoms with Gasteiger partial charge >= 0.3 is 0 Å². The monoisotopic (exact) mass is 510 g/mol. The zero-order valence-electron chi connectivity index (χ0n) is 21.9. The third kappa shape index (κ3) is 3.05. The number of aromatic nitrogens is 1. The summed E-state index contributed by atoms with van der Waals surface area (Å²) in [5.41, 5.74) is 11.7. The van der Waals surface area contributed by atoms with Crippen LogP contribution in [0.25, 0.3) is 55.2 Å². The second-order valence-corrected chi connectivity index (χ2v) is 11.0. The summed E-state index contributed by atoms with van der Waals surface area (Å²) < 4.78 is 0. The molecule has 1 atom stereocenters. The quantitative estimate of drug-likeness (QED) is 0.245. The number of aromatic amines is 1. The number of benzene rings is 6. The van der Waals surface area contributed by atoms with Crippen molar-refractivity contribution in [1.29, 1.82) is 0 Å². The van der Waals surface area contributed by atoms with Crippen LogP contribution in [0.15, 0.2) is 127 Å². The van der Waals surface area contributed by atoms with Crippen LogP contribution in [0.5, 0.6) is 0 Å². The Hall–Kier alpha value is -5.08. The van der Waals surface area contributed by atoms with E-state index >= 15 is 0 Å². The molecule has 2 aliphatic rings. The Labute approximate surface area is 232 Å². The maximum absolute atomic E-state index is 3.80. The molecule has 7 aromatic rings. The second kappa shape index (κ2) is 8.21. The molecule has 1 N–H and O–H groups in total. The third-order valence-corrected chi connectivity index (χ3v) is 8.90. The van der Waals surface area contributed by atoms with Crippen LogP contribution >= 0.6 is 0 Å². The van der Waals surface area contributed by atoms with E-state index in [9.17, 15) is 0 Å². The number of fused-ring (bicyclic) bond motifs is 9. The standard InChI is InChI=1S/C38H26N2/c1-3-11-28-24(8-1)10-7-14-29(28)26-16-19-27(20-17-26)40-36-15-6-5-13-31(36)32-22-33-35(23-37(32)40)39-34-21-18-25-9-2-4-12-30(25)38(33)34/h1-22,37,39H,23H2. The van der Waals surface area contributed by atoms with Crippen LogP contribution in [0.4, 0.5) is 11.4 Å². The van der Waals surface area contributed by atoms with Gasteiger partial charge in [-0.15, -0.1) is 0 Å². The van der Waals surface area contributed by atoms with Crippen LogP contribution in [0, 0.1) is 0 Å². The van der Waals surface area contributed by atoms with Crippen molar-refractivity contribution < 1.29 is 0 Å². The summed E-state index contributed by atoms with van der Waals surface area (Å²) in [6.45, 7) is 0. The van der Waals surface area contributed by atoms with E-state index < -0.39 is 0 Å². The molecule has 1 aromatic heterocycles. The predicted octanol–water partition coefficient (Wildman–Crippen LogP) is 9.76. The maximum Gasteiger partial charge on any atom is 0.0653 e. The molecule has 2 heterocycles. The minimum absolute atomic E-state index is 0.257. The molecule has 1 aliphatic heterocycles. The van der Waals surface area contributed by atoms with Crippen molar-refractivity contribution in [2.45, 2.75) is 12.5 Å². The van der Waals surface area contributed by atoms with E-state index in [1.807, 2.05) is 0 Å². The molecule has 1 aliphatic carbocycles. The zero-order chi connectivity index (χ0) is 26.2. The molecular formula is C38H26N2. The Bertz CT molecular complexity index is 2140. The van der Waals surface area contributed by atoms with Crippen LogP contribution in [0.3, 0.4) is 0 Å². The first-order chi connectivity index (χ1) is 19.8. The van der Waals surface area contributed by atoms with E-state index in [0.717, 1.165) is 6.42 Å². The van der Waals surface area contributed by atoms with Gasteiger partial charge in [0, 0.05) is 45.5 Å². The molecule has 6 aromatic carbocycles. The Morgan fingerprint density at radius 3 is 2.17 bits per heavy atom. The lowest BCUT2D eigenvalue weighted by molar-refractivity contribution is 0.793. The fourth-order valence-electron chi connectivity index (χ4n) is 7.10. The Morgan fingerprint density at radius 2 is 1.30 bits per heavy atom. The van der Waals surface area contributed by atoms with Gasteiger partial charge < -0.3 is 9.88 Å². The molecule has 0 fully saturated rings. The molecule has 0 bridgehead atoms. The molecule has 0 radical (unpaired) electrons. The Balaban J connectivity index is 1.18.